The quantitative estimate of drug-likeness (QED) is 0.851. The molecule has 0 aliphatic heterocycles. The fourth-order valence-corrected chi connectivity index (χ4v) is 2.02. The van der Waals surface area contributed by atoms with Gasteiger partial charge >= 0.3 is 6.18 Å². The van der Waals surface area contributed by atoms with Gasteiger partial charge in [0.25, 0.3) is 0 Å². The van der Waals surface area contributed by atoms with E-state index in [9.17, 15) is 13.2 Å². The first-order valence-electron chi connectivity index (χ1n) is 5.60. The number of rotatable bonds is 2. The number of imidazole rings is 1. The van der Waals surface area contributed by atoms with Crippen molar-refractivity contribution >= 4 is 11.6 Å². The summed E-state index contributed by atoms with van der Waals surface area (Å²) in [6.07, 6.45) is 0.313. The van der Waals surface area contributed by atoms with Gasteiger partial charge in [-0.1, -0.05) is 11.6 Å². The van der Waals surface area contributed by atoms with Crippen molar-refractivity contribution in [1.29, 1.82) is 0 Å². The van der Waals surface area contributed by atoms with Gasteiger partial charge in [-0.3, -0.25) is 0 Å². The Morgan fingerprint density at radius 3 is 2.68 bits per heavy atom. The van der Waals surface area contributed by atoms with Crippen molar-refractivity contribution in [3.63, 3.8) is 0 Å². The number of nitrogens with zero attached hydrogens (tertiary/aromatic N) is 4. The Bertz CT molecular complexity index is 619. The molecule has 0 saturated heterocycles. The van der Waals surface area contributed by atoms with E-state index in [1.807, 2.05) is 0 Å². The van der Waals surface area contributed by atoms with Crippen molar-refractivity contribution in [2.75, 3.05) is 0 Å². The molecule has 4 nitrogen and oxygen atoms in total. The zero-order valence-corrected chi connectivity index (χ0v) is 10.3. The Hall–Kier alpha value is -1.63. The monoisotopic (exact) mass is 288 g/mol. The highest BCUT2D eigenvalue weighted by Crippen LogP contribution is 2.39. The normalized spacial score (nSPS) is 15.8. The lowest BCUT2D eigenvalue weighted by Crippen LogP contribution is -2.09. The van der Waals surface area contributed by atoms with Gasteiger partial charge in [0.05, 0.1) is 6.20 Å². The standard InChI is InChI=1S/C11H8ClF3N4/c12-9-5-19(7-1-2-7)10(17-9)6-3-8(11(13,14)15)18-16-4-6/h3-5,7H,1-2H2. The van der Waals surface area contributed by atoms with Crippen molar-refractivity contribution in [1.82, 2.24) is 19.7 Å². The van der Waals surface area contributed by atoms with E-state index < -0.39 is 11.9 Å². The van der Waals surface area contributed by atoms with Gasteiger partial charge < -0.3 is 4.57 Å². The average molecular weight is 289 g/mol. The van der Waals surface area contributed by atoms with Crippen LogP contribution in [0, 0.1) is 0 Å². The molecule has 19 heavy (non-hydrogen) atoms. The summed E-state index contributed by atoms with van der Waals surface area (Å²) in [5.41, 5.74) is -0.771. The second-order valence-corrected chi connectivity index (χ2v) is 4.74. The maximum atomic E-state index is 12.6. The van der Waals surface area contributed by atoms with Crippen LogP contribution in [0.25, 0.3) is 11.4 Å². The minimum Gasteiger partial charge on any atom is -0.326 e. The Kier molecular flexibility index (Phi) is 2.74. The number of halogens is 4. The summed E-state index contributed by atoms with van der Waals surface area (Å²) in [5, 5.41) is 6.74. The SMILES string of the molecule is FC(F)(F)c1cc(-c2nc(Cl)cn2C2CC2)cnn1. The van der Waals surface area contributed by atoms with Gasteiger partial charge in [0.1, 0.15) is 11.0 Å². The van der Waals surface area contributed by atoms with Crippen molar-refractivity contribution in [3.8, 4) is 11.4 Å². The molecule has 0 radical (unpaired) electrons. The molecule has 1 saturated carbocycles. The summed E-state index contributed by atoms with van der Waals surface area (Å²) in [6.45, 7) is 0. The molecule has 3 rings (SSSR count). The highest BCUT2D eigenvalue weighted by molar-refractivity contribution is 6.29. The Balaban J connectivity index is 2.07. The minimum atomic E-state index is -4.52. The van der Waals surface area contributed by atoms with Gasteiger partial charge in [-0.2, -0.15) is 18.3 Å². The van der Waals surface area contributed by atoms with Crippen LogP contribution in [0.2, 0.25) is 5.15 Å². The van der Waals surface area contributed by atoms with Crippen LogP contribution in [0.3, 0.4) is 0 Å². The van der Waals surface area contributed by atoms with Gasteiger partial charge in [-0.15, -0.1) is 5.10 Å². The fraction of sp³-hybridized carbons (Fsp3) is 0.364. The lowest BCUT2D eigenvalue weighted by atomic mass is 10.2. The van der Waals surface area contributed by atoms with E-state index in [4.69, 9.17) is 11.6 Å². The van der Waals surface area contributed by atoms with Crippen LogP contribution < -0.4 is 0 Å². The topological polar surface area (TPSA) is 43.6 Å². The van der Waals surface area contributed by atoms with Crippen LogP contribution in [0.15, 0.2) is 18.5 Å². The number of hydrogen-bond acceptors (Lipinski definition) is 3. The van der Waals surface area contributed by atoms with Gasteiger partial charge in [0.15, 0.2) is 5.69 Å². The van der Waals surface area contributed by atoms with E-state index >= 15 is 0 Å². The van der Waals surface area contributed by atoms with Gasteiger partial charge in [-0.25, -0.2) is 4.98 Å². The van der Waals surface area contributed by atoms with Crippen LogP contribution in [0.5, 0.6) is 0 Å². The molecule has 0 spiro atoms. The van der Waals surface area contributed by atoms with Crippen molar-refractivity contribution < 1.29 is 13.2 Å². The molecule has 1 aliphatic rings. The molecule has 0 N–H and O–H groups in total. The summed E-state index contributed by atoms with van der Waals surface area (Å²) in [5.74, 6) is 0.396. The Morgan fingerprint density at radius 2 is 2.05 bits per heavy atom. The molecular weight excluding hydrogens is 281 g/mol. The van der Waals surface area contributed by atoms with E-state index in [2.05, 4.69) is 15.2 Å². The third-order valence-corrected chi connectivity index (χ3v) is 3.03. The summed E-state index contributed by atoms with van der Waals surface area (Å²) in [4.78, 5) is 4.06. The molecule has 0 atom stereocenters. The zero-order chi connectivity index (χ0) is 13.6. The third kappa shape index (κ3) is 2.42. The molecule has 0 unspecified atom stereocenters. The van der Waals surface area contributed by atoms with Crippen molar-refractivity contribution in [2.24, 2.45) is 0 Å². The largest absolute Gasteiger partial charge is 0.435 e. The molecule has 8 heteroatoms. The van der Waals surface area contributed by atoms with Crippen LogP contribution in [-0.4, -0.2) is 19.7 Å². The van der Waals surface area contributed by atoms with E-state index in [0.29, 0.717) is 5.82 Å². The fourth-order valence-electron chi connectivity index (χ4n) is 1.84. The molecule has 0 bridgehead atoms. The smallest absolute Gasteiger partial charge is 0.326 e. The Labute approximate surface area is 111 Å². The summed E-state index contributed by atoms with van der Waals surface area (Å²) >= 11 is 5.83. The Morgan fingerprint density at radius 1 is 1.32 bits per heavy atom. The molecule has 1 aliphatic carbocycles. The van der Waals surface area contributed by atoms with Crippen LogP contribution in [0.1, 0.15) is 24.6 Å². The highest BCUT2D eigenvalue weighted by Gasteiger charge is 2.34. The maximum Gasteiger partial charge on any atom is 0.435 e. The average Bonchev–Trinajstić information content (AvgIpc) is 3.12. The number of hydrogen-bond donors (Lipinski definition) is 0. The molecule has 0 amide bonds. The summed E-state index contributed by atoms with van der Waals surface area (Å²) in [6, 6.07) is 1.20. The second kappa shape index (κ2) is 4.19. The predicted molar refractivity (Wildman–Crippen MR) is 61.5 cm³/mol. The van der Waals surface area contributed by atoms with E-state index in [1.54, 1.807) is 10.8 Å². The first kappa shape index (κ1) is 12.4. The first-order valence-corrected chi connectivity index (χ1v) is 5.97. The third-order valence-electron chi connectivity index (χ3n) is 2.85. The molecule has 1 fully saturated rings. The van der Waals surface area contributed by atoms with E-state index in [0.717, 1.165) is 18.9 Å². The molecular formula is C11H8ClF3N4. The van der Waals surface area contributed by atoms with Gasteiger partial charge in [0, 0.05) is 17.8 Å². The van der Waals surface area contributed by atoms with Gasteiger partial charge in [-0.05, 0) is 18.9 Å². The zero-order valence-electron chi connectivity index (χ0n) is 9.52. The van der Waals surface area contributed by atoms with Crippen LogP contribution in [0.4, 0.5) is 13.2 Å². The minimum absolute atomic E-state index is 0.257. The van der Waals surface area contributed by atoms with Crippen LogP contribution >= 0.6 is 11.6 Å². The van der Waals surface area contributed by atoms with Gasteiger partial charge in [0.2, 0.25) is 0 Å². The number of aromatic nitrogens is 4. The molecule has 2 aromatic heterocycles. The van der Waals surface area contributed by atoms with Crippen molar-refractivity contribution in [3.05, 3.63) is 29.3 Å². The predicted octanol–water partition coefficient (Wildman–Crippen LogP) is 3.35. The molecule has 2 aromatic rings. The summed E-state index contributed by atoms with van der Waals surface area (Å²) < 4.78 is 39.6. The molecule has 0 aromatic carbocycles. The summed E-state index contributed by atoms with van der Waals surface area (Å²) in [7, 11) is 0. The first-order chi connectivity index (χ1) is 8.95. The van der Waals surface area contributed by atoms with E-state index in [-0.39, 0.29) is 16.8 Å². The maximum absolute atomic E-state index is 12.6. The van der Waals surface area contributed by atoms with E-state index in [1.165, 1.54) is 6.20 Å². The van der Waals surface area contributed by atoms with Crippen LogP contribution in [-0.2, 0) is 6.18 Å². The lowest BCUT2D eigenvalue weighted by molar-refractivity contribution is -0.141. The number of alkyl halides is 3. The molecule has 100 valence electrons. The molecule has 2 heterocycles. The lowest BCUT2D eigenvalue weighted by Gasteiger charge is -2.08. The highest BCUT2D eigenvalue weighted by atomic mass is 35.5. The second-order valence-electron chi connectivity index (χ2n) is 4.35. The van der Waals surface area contributed by atoms with Crippen molar-refractivity contribution in [2.45, 2.75) is 25.1 Å².